The third-order valence-electron chi connectivity index (χ3n) is 5.09. The first-order chi connectivity index (χ1) is 14.2. The van der Waals surface area contributed by atoms with Gasteiger partial charge in [-0.05, 0) is 42.1 Å². The van der Waals surface area contributed by atoms with Gasteiger partial charge in [0.15, 0.2) is 15.3 Å². The van der Waals surface area contributed by atoms with E-state index in [0.717, 1.165) is 43.3 Å². The molecule has 0 aliphatic heterocycles. The second kappa shape index (κ2) is 7.85. The molecule has 1 fully saturated rings. The Morgan fingerprint density at radius 2 is 2.03 bits per heavy atom. The van der Waals surface area contributed by atoms with E-state index in [9.17, 15) is 10.1 Å². The lowest BCUT2D eigenvalue weighted by atomic mass is 9.95. The summed E-state index contributed by atoms with van der Waals surface area (Å²) in [5.74, 6) is 0.922. The summed E-state index contributed by atoms with van der Waals surface area (Å²) < 4.78 is 3.91. The third kappa shape index (κ3) is 3.67. The van der Waals surface area contributed by atoms with Gasteiger partial charge in [0.1, 0.15) is 0 Å². The van der Waals surface area contributed by atoms with Gasteiger partial charge in [0, 0.05) is 18.2 Å². The normalized spacial score (nSPS) is 15.2. The Bertz CT molecular complexity index is 1160. The zero-order valence-corrected chi connectivity index (χ0v) is 17.8. The molecule has 1 aliphatic carbocycles. The SMILES string of the molecule is O=[N+]([O-])c1ccc2nc(Sc3nnc(-c4cccs4)n3C3CCCCC3)sc2c1. The van der Waals surface area contributed by atoms with Gasteiger partial charge < -0.3 is 0 Å². The van der Waals surface area contributed by atoms with Crippen LogP contribution >= 0.6 is 34.4 Å². The van der Waals surface area contributed by atoms with Crippen molar-refractivity contribution in [3.05, 3.63) is 45.8 Å². The van der Waals surface area contributed by atoms with Crippen LogP contribution in [0.5, 0.6) is 0 Å². The van der Waals surface area contributed by atoms with E-state index in [2.05, 4.69) is 31.2 Å². The molecule has 0 amide bonds. The molecule has 148 valence electrons. The van der Waals surface area contributed by atoms with Gasteiger partial charge in [0.25, 0.3) is 5.69 Å². The third-order valence-corrected chi connectivity index (χ3v) is 7.99. The number of thiophene rings is 1. The number of fused-ring (bicyclic) bond motifs is 1. The summed E-state index contributed by atoms with van der Waals surface area (Å²) in [6.07, 6.45) is 6.00. The van der Waals surface area contributed by atoms with Gasteiger partial charge in [0.2, 0.25) is 0 Å². The van der Waals surface area contributed by atoms with Crippen molar-refractivity contribution in [2.45, 2.75) is 47.6 Å². The van der Waals surface area contributed by atoms with Crippen LogP contribution in [0.1, 0.15) is 38.1 Å². The number of aromatic nitrogens is 4. The van der Waals surface area contributed by atoms with Crippen molar-refractivity contribution in [2.75, 3.05) is 0 Å². The number of nitrogens with zero attached hydrogens (tertiary/aromatic N) is 5. The lowest BCUT2D eigenvalue weighted by Crippen LogP contribution is -2.14. The quantitative estimate of drug-likeness (QED) is 0.270. The van der Waals surface area contributed by atoms with E-state index in [1.165, 1.54) is 48.4 Å². The van der Waals surface area contributed by atoms with E-state index in [1.807, 2.05) is 6.07 Å². The summed E-state index contributed by atoms with van der Waals surface area (Å²) in [6, 6.07) is 9.30. The number of benzene rings is 1. The lowest BCUT2D eigenvalue weighted by Gasteiger charge is -2.25. The standard InChI is InChI=1S/C19H17N5O2S3/c25-24(26)13-8-9-14-16(11-13)28-19(20-14)29-18-22-21-17(15-7-4-10-27-15)23(18)12-5-2-1-3-6-12/h4,7-12H,1-3,5-6H2. The van der Waals surface area contributed by atoms with E-state index in [1.54, 1.807) is 23.5 Å². The van der Waals surface area contributed by atoms with E-state index in [4.69, 9.17) is 0 Å². The van der Waals surface area contributed by atoms with Crippen LogP contribution in [0.25, 0.3) is 20.9 Å². The molecule has 10 heteroatoms. The number of hydrogen-bond acceptors (Lipinski definition) is 8. The molecular weight excluding hydrogens is 426 g/mol. The molecular formula is C19H17N5O2S3. The van der Waals surface area contributed by atoms with Gasteiger partial charge in [-0.2, -0.15) is 0 Å². The first-order valence-electron chi connectivity index (χ1n) is 9.40. The fourth-order valence-electron chi connectivity index (χ4n) is 3.72. The van der Waals surface area contributed by atoms with E-state index in [0.29, 0.717) is 6.04 Å². The monoisotopic (exact) mass is 443 g/mol. The summed E-state index contributed by atoms with van der Waals surface area (Å²) in [7, 11) is 0. The molecule has 29 heavy (non-hydrogen) atoms. The highest BCUT2D eigenvalue weighted by Gasteiger charge is 2.25. The number of nitro groups is 1. The Kier molecular flexibility index (Phi) is 5.06. The molecule has 0 N–H and O–H groups in total. The highest BCUT2D eigenvalue weighted by Crippen LogP contribution is 2.40. The Hall–Kier alpha value is -2.30. The van der Waals surface area contributed by atoms with Crippen molar-refractivity contribution in [3.63, 3.8) is 0 Å². The zero-order chi connectivity index (χ0) is 19.8. The van der Waals surface area contributed by atoms with Crippen LogP contribution in [0.15, 0.2) is 45.2 Å². The van der Waals surface area contributed by atoms with Crippen molar-refractivity contribution in [2.24, 2.45) is 0 Å². The molecule has 4 aromatic rings. The maximum Gasteiger partial charge on any atom is 0.270 e. The fraction of sp³-hybridized carbons (Fsp3) is 0.316. The maximum absolute atomic E-state index is 11.0. The van der Waals surface area contributed by atoms with Gasteiger partial charge in [0.05, 0.1) is 20.0 Å². The van der Waals surface area contributed by atoms with Gasteiger partial charge in [-0.3, -0.25) is 14.7 Å². The van der Waals surface area contributed by atoms with Gasteiger partial charge >= 0.3 is 0 Å². The summed E-state index contributed by atoms with van der Waals surface area (Å²) in [5, 5.41) is 23.0. The smallest absolute Gasteiger partial charge is 0.270 e. The largest absolute Gasteiger partial charge is 0.298 e. The second-order valence-electron chi connectivity index (χ2n) is 6.94. The predicted molar refractivity (Wildman–Crippen MR) is 116 cm³/mol. The Morgan fingerprint density at radius 1 is 1.17 bits per heavy atom. The lowest BCUT2D eigenvalue weighted by molar-refractivity contribution is -0.384. The summed E-state index contributed by atoms with van der Waals surface area (Å²) >= 11 is 4.62. The average Bonchev–Trinajstić information content (AvgIpc) is 3.47. The van der Waals surface area contributed by atoms with Crippen LogP contribution in [0.3, 0.4) is 0 Å². The molecule has 0 atom stereocenters. The molecule has 0 radical (unpaired) electrons. The number of hydrogen-bond donors (Lipinski definition) is 0. The number of thiazole rings is 1. The summed E-state index contributed by atoms with van der Waals surface area (Å²) in [4.78, 5) is 16.4. The Labute approximate surface area is 179 Å². The van der Waals surface area contributed by atoms with E-state index >= 15 is 0 Å². The van der Waals surface area contributed by atoms with Crippen molar-refractivity contribution in [1.82, 2.24) is 19.7 Å². The van der Waals surface area contributed by atoms with Crippen molar-refractivity contribution in [3.8, 4) is 10.7 Å². The van der Waals surface area contributed by atoms with Gasteiger partial charge in [-0.25, -0.2) is 4.98 Å². The molecule has 0 unspecified atom stereocenters. The molecule has 3 aromatic heterocycles. The van der Waals surface area contributed by atoms with Crippen molar-refractivity contribution in [1.29, 1.82) is 0 Å². The topological polar surface area (TPSA) is 86.7 Å². The molecule has 5 rings (SSSR count). The number of nitro benzene ring substituents is 1. The molecule has 3 heterocycles. The Balaban J connectivity index is 1.52. The minimum atomic E-state index is -0.376. The second-order valence-corrected chi connectivity index (χ2v) is 10.1. The van der Waals surface area contributed by atoms with Crippen molar-refractivity contribution >= 4 is 50.3 Å². The van der Waals surface area contributed by atoms with Crippen LogP contribution in [-0.4, -0.2) is 24.7 Å². The van der Waals surface area contributed by atoms with Crippen LogP contribution in [-0.2, 0) is 0 Å². The van der Waals surface area contributed by atoms with Gasteiger partial charge in [-0.1, -0.05) is 25.3 Å². The highest BCUT2D eigenvalue weighted by atomic mass is 32.2. The summed E-state index contributed by atoms with van der Waals surface area (Å²) in [6.45, 7) is 0. The van der Waals surface area contributed by atoms with E-state index in [-0.39, 0.29) is 10.6 Å². The molecule has 1 aliphatic rings. The molecule has 0 bridgehead atoms. The first kappa shape index (κ1) is 18.7. The molecule has 1 saturated carbocycles. The Morgan fingerprint density at radius 3 is 2.79 bits per heavy atom. The van der Waals surface area contributed by atoms with Crippen LogP contribution in [0, 0.1) is 10.1 Å². The fourth-order valence-corrected chi connectivity index (χ4v) is 6.53. The van der Waals surface area contributed by atoms with Crippen LogP contribution < -0.4 is 0 Å². The first-order valence-corrected chi connectivity index (χ1v) is 11.9. The van der Waals surface area contributed by atoms with E-state index < -0.39 is 0 Å². The van der Waals surface area contributed by atoms with Crippen LogP contribution in [0.2, 0.25) is 0 Å². The minimum absolute atomic E-state index is 0.0862. The number of non-ortho nitro benzene ring substituents is 1. The zero-order valence-electron chi connectivity index (χ0n) is 15.4. The average molecular weight is 444 g/mol. The number of rotatable bonds is 5. The molecule has 0 saturated heterocycles. The summed E-state index contributed by atoms with van der Waals surface area (Å²) in [5.41, 5.74) is 0.855. The van der Waals surface area contributed by atoms with Crippen molar-refractivity contribution < 1.29 is 4.92 Å². The predicted octanol–water partition coefficient (Wildman–Crippen LogP) is 6.18. The highest BCUT2D eigenvalue weighted by molar-refractivity contribution is 8.01. The minimum Gasteiger partial charge on any atom is -0.298 e. The van der Waals surface area contributed by atoms with Gasteiger partial charge in [-0.15, -0.1) is 32.9 Å². The van der Waals surface area contributed by atoms with Crippen LogP contribution in [0.4, 0.5) is 5.69 Å². The molecule has 7 nitrogen and oxygen atoms in total. The maximum atomic E-state index is 11.0. The molecule has 1 aromatic carbocycles. The molecule has 0 spiro atoms.